The van der Waals surface area contributed by atoms with Gasteiger partial charge in [-0.05, 0) is 42.3 Å². The molecule has 0 saturated heterocycles. The highest BCUT2D eigenvalue weighted by atomic mass is 16.5. The lowest BCUT2D eigenvalue weighted by Gasteiger charge is -2.14. The van der Waals surface area contributed by atoms with E-state index in [0.29, 0.717) is 5.69 Å². The van der Waals surface area contributed by atoms with Gasteiger partial charge in [0.05, 0.1) is 12.8 Å². The van der Waals surface area contributed by atoms with Crippen molar-refractivity contribution in [1.29, 1.82) is 0 Å². The quantitative estimate of drug-likeness (QED) is 0.879. The van der Waals surface area contributed by atoms with Gasteiger partial charge in [-0.3, -0.25) is 4.98 Å². The van der Waals surface area contributed by atoms with Gasteiger partial charge in [-0.15, -0.1) is 0 Å². The van der Waals surface area contributed by atoms with Crippen LogP contribution in [0, 0.1) is 6.92 Å². The SMILES string of the molecule is COc1ccc([C@H](O)c2ccccn2)c(C)c1. The van der Waals surface area contributed by atoms with Gasteiger partial charge >= 0.3 is 0 Å². The Labute approximate surface area is 101 Å². The van der Waals surface area contributed by atoms with Crippen LogP contribution in [0.3, 0.4) is 0 Å². The molecule has 1 aromatic heterocycles. The van der Waals surface area contributed by atoms with E-state index in [4.69, 9.17) is 4.74 Å². The first-order valence-electron chi connectivity index (χ1n) is 5.46. The number of ether oxygens (including phenoxy) is 1. The number of benzene rings is 1. The second kappa shape index (κ2) is 4.97. The van der Waals surface area contributed by atoms with Crippen LogP contribution in [-0.2, 0) is 0 Å². The number of aromatic nitrogens is 1. The van der Waals surface area contributed by atoms with Crippen LogP contribution in [-0.4, -0.2) is 17.2 Å². The van der Waals surface area contributed by atoms with E-state index in [1.165, 1.54) is 0 Å². The van der Waals surface area contributed by atoms with Gasteiger partial charge in [-0.25, -0.2) is 0 Å². The highest BCUT2D eigenvalue weighted by Crippen LogP contribution is 2.26. The average Bonchev–Trinajstić information content (AvgIpc) is 2.39. The number of methoxy groups -OCH3 is 1. The smallest absolute Gasteiger partial charge is 0.121 e. The molecule has 17 heavy (non-hydrogen) atoms. The standard InChI is InChI=1S/C14H15NO2/c1-10-9-11(17-2)6-7-12(10)14(16)13-5-3-4-8-15-13/h3-9,14,16H,1-2H3/t14-/m0/s1. The van der Waals surface area contributed by atoms with Crippen molar-refractivity contribution in [3.63, 3.8) is 0 Å². The molecule has 3 nitrogen and oxygen atoms in total. The highest BCUT2D eigenvalue weighted by Gasteiger charge is 2.13. The number of aliphatic hydroxyl groups is 1. The maximum Gasteiger partial charge on any atom is 0.121 e. The molecule has 0 saturated carbocycles. The highest BCUT2D eigenvalue weighted by molar-refractivity contribution is 5.38. The monoisotopic (exact) mass is 229 g/mol. The van der Waals surface area contributed by atoms with E-state index in [-0.39, 0.29) is 0 Å². The summed E-state index contributed by atoms with van der Waals surface area (Å²) in [5.41, 5.74) is 2.49. The van der Waals surface area contributed by atoms with Gasteiger partial charge in [0.25, 0.3) is 0 Å². The van der Waals surface area contributed by atoms with Crippen LogP contribution in [0.4, 0.5) is 0 Å². The third-order valence-electron chi connectivity index (χ3n) is 2.74. The summed E-state index contributed by atoms with van der Waals surface area (Å²) >= 11 is 0. The Bertz CT molecular complexity index is 497. The van der Waals surface area contributed by atoms with Gasteiger partial charge in [0, 0.05) is 6.20 Å². The summed E-state index contributed by atoms with van der Waals surface area (Å²) < 4.78 is 5.14. The molecule has 0 aliphatic carbocycles. The van der Waals surface area contributed by atoms with Gasteiger partial charge in [-0.2, -0.15) is 0 Å². The Morgan fingerprint density at radius 2 is 2.06 bits per heavy atom. The fourth-order valence-corrected chi connectivity index (χ4v) is 1.78. The van der Waals surface area contributed by atoms with Crippen molar-refractivity contribution in [2.24, 2.45) is 0 Å². The molecule has 0 aliphatic rings. The van der Waals surface area contributed by atoms with Crippen LogP contribution < -0.4 is 4.74 Å². The predicted octanol–water partition coefficient (Wildman–Crippen LogP) is 2.48. The molecule has 0 spiro atoms. The van der Waals surface area contributed by atoms with E-state index in [9.17, 15) is 5.11 Å². The van der Waals surface area contributed by atoms with E-state index >= 15 is 0 Å². The number of hydrogen-bond acceptors (Lipinski definition) is 3. The lowest BCUT2D eigenvalue weighted by molar-refractivity contribution is 0.214. The maximum absolute atomic E-state index is 10.2. The van der Waals surface area contributed by atoms with Crippen molar-refractivity contribution >= 4 is 0 Å². The number of rotatable bonds is 3. The molecule has 3 heteroatoms. The Kier molecular flexibility index (Phi) is 3.40. The fourth-order valence-electron chi connectivity index (χ4n) is 1.78. The van der Waals surface area contributed by atoms with Crippen molar-refractivity contribution in [3.8, 4) is 5.75 Å². The molecule has 2 rings (SSSR count). The molecule has 1 heterocycles. The van der Waals surface area contributed by atoms with Gasteiger partial charge in [0.2, 0.25) is 0 Å². The topological polar surface area (TPSA) is 42.4 Å². The zero-order valence-electron chi connectivity index (χ0n) is 9.92. The third kappa shape index (κ3) is 2.45. The van der Waals surface area contributed by atoms with Gasteiger partial charge in [-0.1, -0.05) is 12.1 Å². The van der Waals surface area contributed by atoms with E-state index in [0.717, 1.165) is 16.9 Å². The van der Waals surface area contributed by atoms with Gasteiger partial charge in [0.1, 0.15) is 11.9 Å². The zero-order chi connectivity index (χ0) is 12.3. The lowest BCUT2D eigenvalue weighted by Crippen LogP contribution is -2.04. The minimum atomic E-state index is -0.692. The molecule has 88 valence electrons. The second-order valence-electron chi connectivity index (χ2n) is 3.88. The molecule has 0 radical (unpaired) electrons. The van der Waals surface area contributed by atoms with E-state index in [2.05, 4.69) is 4.98 Å². The van der Waals surface area contributed by atoms with E-state index in [1.807, 2.05) is 43.3 Å². The van der Waals surface area contributed by atoms with E-state index < -0.39 is 6.10 Å². The van der Waals surface area contributed by atoms with Crippen LogP contribution in [0.15, 0.2) is 42.6 Å². The minimum Gasteiger partial charge on any atom is -0.497 e. The Morgan fingerprint density at radius 1 is 1.24 bits per heavy atom. The lowest BCUT2D eigenvalue weighted by atomic mass is 10.0. The zero-order valence-corrected chi connectivity index (χ0v) is 9.92. The Balaban J connectivity index is 2.34. The molecular weight excluding hydrogens is 214 g/mol. The first-order valence-corrected chi connectivity index (χ1v) is 5.46. The molecule has 0 unspecified atom stereocenters. The summed E-state index contributed by atoms with van der Waals surface area (Å²) in [6, 6.07) is 11.1. The van der Waals surface area contributed by atoms with Crippen LogP contribution in [0.25, 0.3) is 0 Å². The molecule has 2 aromatic rings. The van der Waals surface area contributed by atoms with Crippen LogP contribution >= 0.6 is 0 Å². The molecule has 0 bridgehead atoms. The van der Waals surface area contributed by atoms with Crippen LogP contribution in [0.1, 0.15) is 22.9 Å². The first kappa shape index (κ1) is 11.6. The van der Waals surface area contributed by atoms with E-state index in [1.54, 1.807) is 13.3 Å². The molecule has 1 N–H and O–H groups in total. The summed E-state index contributed by atoms with van der Waals surface area (Å²) in [6.07, 6.45) is 0.985. The number of hydrogen-bond donors (Lipinski definition) is 1. The van der Waals surface area contributed by atoms with Crippen molar-refractivity contribution in [3.05, 3.63) is 59.4 Å². The molecule has 1 atom stereocenters. The Hall–Kier alpha value is -1.87. The number of nitrogens with zero attached hydrogens (tertiary/aromatic N) is 1. The summed E-state index contributed by atoms with van der Waals surface area (Å²) in [4.78, 5) is 4.16. The predicted molar refractivity (Wildman–Crippen MR) is 66.0 cm³/mol. The third-order valence-corrected chi connectivity index (χ3v) is 2.74. The molecule has 1 aromatic carbocycles. The summed E-state index contributed by atoms with van der Waals surface area (Å²) in [6.45, 7) is 1.95. The largest absolute Gasteiger partial charge is 0.497 e. The first-order chi connectivity index (χ1) is 8.22. The summed E-state index contributed by atoms with van der Waals surface area (Å²) in [5, 5.41) is 10.2. The summed E-state index contributed by atoms with van der Waals surface area (Å²) in [7, 11) is 1.63. The summed E-state index contributed by atoms with van der Waals surface area (Å²) in [5.74, 6) is 0.791. The fraction of sp³-hybridized carbons (Fsp3) is 0.214. The minimum absolute atomic E-state index is 0.653. The van der Waals surface area contributed by atoms with Gasteiger partial charge in [0.15, 0.2) is 0 Å². The molecule has 0 fully saturated rings. The molecular formula is C14H15NO2. The maximum atomic E-state index is 10.2. The number of aryl methyl sites for hydroxylation is 1. The number of pyridine rings is 1. The van der Waals surface area contributed by atoms with Crippen molar-refractivity contribution < 1.29 is 9.84 Å². The average molecular weight is 229 g/mol. The molecule has 0 amide bonds. The second-order valence-corrected chi connectivity index (χ2v) is 3.88. The number of aliphatic hydroxyl groups excluding tert-OH is 1. The van der Waals surface area contributed by atoms with Gasteiger partial charge < -0.3 is 9.84 Å². The van der Waals surface area contributed by atoms with Crippen molar-refractivity contribution in [1.82, 2.24) is 4.98 Å². The van der Waals surface area contributed by atoms with Crippen molar-refractivity contribution in [2.75, 3.05) is 7.11 Å². The Morgan fingerprint density at radius 3 is 2.65 bits per heavy atom. The normalized spacial score (nSPS) is 12.2. The van der Waals surface area contributed by atoms with Crippen LogP contribution in [0.5, 0.6) is 5.75 Å². The molecule has 0 aliphatic heterocycles. The van der Waals surface area contributed by atoms with Crippen molar-refractivity contribution in [2.45, 2.75) is 13.0 Å². The van der Waals surface area contributed by atoms with Crippen LogP contribution in [0.2, 0.25) is 0 Å².